The molecule has 2 aliphatic rings. The Bertz CT molecular complexity index is 815. The van der Waals surface area contributed by atoms with Gasteiger partial charge in [0.25, 0.3) is 0 Å². The third-order valence-corrected chi connectivity index (χ3v) is 5.80. The van der Waals surface area contributed by atoms with Crippen LogP contribution in [-0.2, 0) is 0 Å². The lowest BCUT2D eigenvalue weighted by Crippen LogP contribution is -2.51. The first kappa shape index (κ1) is 19.9. The quantitative estimate of drug-likeness (QED) is 0.516. The highest BCUT2D eigenvalue weighted by Gasteiger charge is 2.27. The van der Waals surface area contributed by atoms with Gasteiger partial charge in [0.1, 0.15) is 12.7 Å². The molecule has 8 nitrogen and oxygen atoms in total. The van der Waals surface area contributed by atoms with Crippen LogP contribution in [0.2, 0.25) is 0 Å². The van der Waals surface area contributed by atoms with Gasteiger partial charge in [-0.15, -0.1) is 0 Å². The number of pyridine rings is 2. The van der Waals surface area contributed by atoms with Crippen molar-refractivity contribution in [2.45, 2.75) is 44.4 Å². The van der Waals surface area contributed by atoms with Crippen LogP contribution in [0.3, 0.4) is 0 Å². The monoisotopic (exact) mass is 398 g/mol. The van der Waals surface area contributed by atoms with Gasteiger partial charge >= 0.3 is 0 Å². The van der Waals surface area contributed by atoms with Crippen LogP contribution in [0.4, 0.5) is 11.6 Å². The molecule has 3 atom stereocenters. The standard InChI is InChI=1S/C21H30N6O2/c1-15(17-9-12-23-17)29-19-8-4-11-25-21(19)27(22)20-18(7-3-10-24-20)28-14-16-6-5-13-26(16)2/h3-4,7-8,10-11,15-17,23H,5-6,9,12-14,22H2,1-2H3/t15?,16-,17-/m1/s1. The van der Waals surface area contributed by atoms with Crippen LogP contribution in [0.5, 0.6) is 11.5 Å². The van der Waals surface area contributed by atoms with Crippen LogP contribution >= 0.6 is 0 Å². The fourth-order valence-electron chi connectivity index (χ4n) is 3.80. The molecule has 156 valence electrons. The van der Waals surface area contributed by atoms with E-state index in [1.54, 1.807) is 12.4 Å². The van der Waals surface area contributed by atoms with Crippen LogP contribution in [-0.4, -0.2) is 59.8 Å². The average Bonchev–Trinajstić information content (AvgIpc) is 3.10. The molecule has 0 saturated carbocycles. The smallest absolute Gasteiger partial charge is 0.191 e. The molecule has 8 heteroatoms. The number of aromatic nitrogens is 2. The summed E-state index contributed by atoms with van der Waals surface area (Å²) in [5, 5.41) is 4.82. The molecule has 0 spiro atoms. The van der Waals surface area contributed by atoms with Gasteiger partial charge in [0.05, 0.1) is 0 Å². The largest absolute Gasteiger partial charge is 0.488 e. The summed E-state index contributed by atoms with van der Waals surface area (Å²) in [6, 6.07) is 8.24. The van der Waals surface area contributed by atoms with Gasteiger partial charge in [-0.05, 0) is 70.6 Å². The summed E-state index contributed by atoms with van der Waals surface area (Å²) in [7, 11) is 2.13. The lowest BCUT2D eigenvalue weighted by molar-refractivity contribution is 0.133. The van der Waals surface area contributed by atoms with Gasteiger partial charge in [0.15, 0.2) is 23.1 Å². The minimum atomic E-state index is 0.0254. The van der Waals surface area contributed by atoms with Gasteiger partial charge < -0.3 is 19.7 Å². The maximum atomic E-state index is 6.45. The number of hydrogen-bond donors (Lipinski definition) is 2. The van der Waals surface area contributed by atoms with E-state index in [-0.39, 0.29) is 6.10 Å². The molecule has 2 saturated heterocycles. The zero-order valence-electron chi connectivity index (χ0n) is 17.1. The Hall–Kier alpha value is -2.42. The summed E-state index contributed by atoms with van der Waals surface area (Å²) in [4.78, 5) is 11.2. The average molecular weight is 399 g/mol. The van der Waals surface area contributed by atoms with E-state index in [2.05, 4.69) is 34.2 Å². The van der Waals surface area contributed by atoms with E-state index in [9.17, 15) is 0 Å². The van der Waals surface area contributed by atoms with Gasteiger partial charge in [-0.2, -0.15) is 0 Å². The number of ether oxygens (including phenoxy) is 2. The molecule has 29 heavy (non-hydrogen) atoms. The number of nitrogens with two attached hydrogens (primary N) is 1. The second kappa shape index (κ2) is 8.94. The van der Waals surface area contributed by atoms with Crippen molar-refractivity contribution >= 4 is 11.6 Å². The van der Waals surface area contributed by atoms with Gasteiger partial charge in [-0.3, -0.25) is 0 Å². The SMILES string of the molecule is CC(Oc1cccnc1N(N)c1ncccc1OC[C@H]1CCCN1C)[C@H]1CCN1. The molecule has 3 N–H and O–H groups in total. The minimum Gasteiger partial charge on any atom is -0.488 e. The summed E-state index contributed by atoms with van der Waals surface area (Å²) < 4.78 is 12.3. The Morgan fingerprint density at radius 2 is 1.90 bits per heavy atom. The van der Waals surface area contributed by atoms with Crippen LogP contribution in [0.25, 0.3) is 0 Å². The Morgan fingerprint density at radius 3 is 2.52 bits per heavy atom. The van der Waals surface area contributed by atoms with Crippen molar-refractivity contribution in [2.75, 3.05) is 31.8 Å². The van der Waals surface area contributed by atoms with E-state index in [1.165, 1.54) is 11.4 Å². The van der Waals surface area contributed by atoms with Crippen molar-refractivity contribution in [1.29, 1.82) is 0 Å². The summed E-state index contributed by atoms with van der Waals surface area (Å²) >= 11 is 0. The van der Waals surface area contributed by atoms with Crippen molar-refractivity contribution in [1.82, 2.24) is 20.2 Å². The number of hydrazine groups is 1. The highest BCUT2D eigenvalue weighted by Crippen LogP contribution is 2.34. The van der Waals surface area contributed by atoms with Crippen molar-refractivity contribution in [2.24, 2.45) is 5.84 Å². The molecule has 0 bridgehead atoms. The predicted molar refractivity (Wildman–Crippen MR) is 112 cm³/mol. The summed E-state index contributed by atoms with van der Waals surface area (Å²) in [5.41, 5.74) is 0. The number of likely N-dealkylation sites (N-methyl/N-ethyl adjacent to an activating group) is 1. The summed E-state index contributed by atoms with van der Waals surface area (Å²) in [6.07, 6.45) is 6.88. The zero-order chi connectivity index (χ0) is 20.2. The molecule has 1 unspecified atom stereocenters. The second-order valence-corrected chi connectivity index (χ2v) is 7.78. The van der Waals surface area contributed by atoms with E-state index in [0.29, 0.717) is 41.8 Å². The molecular formula is C21H30N6O2. The first-order valence-electron chi connectivity index (χ1n) is 10.3. The molecule has 2 aromatic heterocycles. The van der Waals surface area contributed by atoms with Crippen molar-refractivity contribution in [3.8, 4) is 11.5 Å². The second-order valence-electron chi connectivity index (χ2n) is 7.78. The lowest BCUT2D eigenvalue weighted by atomic mass is 10.0. The van der Waals surface area contributed by atoms with E-state index in [1.807, 2.05) is 24.3 Å². The fraction of sp³-hybridized carbons (Fsp3) is 0.524. The molecule has 0 aromatic carbocycles. The maximum absolute atomic E-state index is 6.45. The van der Waals surface area contributed by atoms with Gasteiger partial charge in [0, 0.05) is 24.5 Å². The third-order valence-electron chi connectivity index (χ3n) is 5.80. The summed E-state index contributed by atoms with van der Waals surface area (Å²) in [5.74, 6) is 8.75. The fourth-order valence-corrected chi connectivity index (χ4v) is 3.80. The van der Waals surface area contributed by atoms with E-state index in [0.717, 1.165) is 25.9 Å². The van der Waals surface area contributed by atoms with Crippen molar-refractivity contribution < 1.29 is 9.47 Å². The minimum absolute atomic E-state index is 0.0254. The Labute approximate surface area is 172 Å². The molecule has 0 amide bonds. The van der Waals surface area contributed by atoms with Gasteiger partial charge in [0.2, 0.25) is 0 Å². The topological polar surface area (TPSA) is 88.8 Å². The highest BCUT2D eigenvalue weighted by molar-refractivity contribution is 5.65. The first-order chi connectivity index (χ1) is 14.1. The highest BCUT2D eigenvalue weighted by atomic mass is 16.5. The normalized spacial score (nSPS) is 22.7. The van der Waals surface area contributed by atoms with Crippen molar-refractivity contribution in [3.05, 3.63) is 36.7 Å². The third kappa shape index (κ3) is 4.44. The Kier molecular flexibility index (Phi) is 6.13. The molecule has 4 heterocycles. The Morgan fingerprint density at radius 1 is 1.21 bits per heavy atom. The van der Waals surface area contributed by atoms with Gasteiger partial charge in [-0.1, -0.05) is 0 Å². The molecule has 2 fully saturated rings. The lowest BCUT2D eigenvalue weighted by Gasteiger charge is -2.33. The molecular weight excluding hydrogens is 368 g/mol. The number of anilines is 2. The first-order valence-corrected chi connectivity index (χ1v) is 10.3. The summed E-state index contributed by atoms with van der Waals surface area (Å²) in [6.45, 7) is 4.81. The maximum Gasteiger partial charge on any atom is 0.191 e. The molecule has 2 aliphatic heterocycles. The van der Waals surface area contributed by atoms with Gasteiger partial charge in [-0.25, -0.2) is 20.8 Å². The molecule has 4 rings (SSSR count). The van der Waals surface area contributed by atoms with Crippen LogP contribution in [0.15, 0.2) is 36.7 Å². The van der Waals surface area contributed by atoms with E-state index >= 15 is 0 Å². The Balaban J connectivity index is 1.51. The number of likely N-dealkylation sites (tertiary alicyclic amines) is 1. The van der Waals surface area contributed by atoms with E-state index < -0.39 is 0 Å². The zero-order valence-corrected chi connectivity index (χ0v) is 17.1. The predicted octanol–water partition coefficient (Wildman–Crippen LogP) is 2.09. The molecule has 0 radical (unpaired) electrons. The molecule has 0 aliphatic carbocycles. The van der Waals surface area contributed by atoms with E-state index in [4.69, 9.17) is 15.3 Å². The van der Waals surface area contributed by atoms with Crippen LogP contribution in [0.1, 0.15) is 26.2 Å². The van der Waals surface area contributed by atoms with Crippen LogP contribution in [0, 0.1) is 0 Å². The number of hydrogen-bond acceptors (Lipinski definition) is 8. The number of nitrogens with one attached hydrogen (secondary N) is 1. The number of rotatable bonds is 8. The van der Waals surface area contributed by atoms with Crippen LogP contribution < -0.4 is 25.6 Å². The number of nitrogens with zero attached hydrogens (tertiary/aromatic N) is 4. The van der Waals surface area contributed by atoms with Crippen molar-refractivity contribution in [3.63, 3.8) is 0 Å². The molecule has 2 aromatic rings.